The first-order valence-electron chi connectivity index (χ1n) is 6.11. The van der Waals surface area contributed by atoms with Gasteiger partial charge in [0, 0.05) is 5.41 Å². The van der Waals surface area contributed by atoms with Gasteiger partial charge in [0.25, 0.3) is 0 Å². The Morgan fingerprint density at radius 3 is 1.58 bits per heavy atom. The highest BCUT2D eigenvalue weighted by Crippen LogP contribution is 2.33. The van der Waals surface area contributed by atoms with Gasteiger partial charge in [-0.25, -0.2) is 0 Å². The number of hydrogen-bond donors (Lipinski definition) is 0. The summed E-state index contributed by atoms with van der Waals surface area (Å²) in [5.41, 5.74) is 2.47. The highest BCUT2D eigenvalue weighted by molar-refractivity contribution is 14.1. The normalized spacial score (nSPS) is 11.2. The van der Waals surface area contributed by atoms with Crippen LogP contribution in [0.5, 0.6) is 11.5 Å². The number of methoxy groups -OCH3 is 1. The molecule has 3 heteroatoms. The van der Waals surface area contributed by atoms with Gasteiger partial charge in [0.15, 0.2) is 23.0 Å². The van der Waals surface area contributed by atoms with Crippen LogP contribution in [0.2, 0.25) is 0 Å². The minimum atomic E-state index is -0.0456. The standard InChI is InChI=1S/C16H17IO2/c1-16(2,12-4-8-14(18-3)9-5-12)13-6-10-15(19-17)11-7-13/h4-11H,1-3H3. The molecular weight excluding hydrogens is 351 g/mol. The maximum atomic E-state index is 5.20. The number of ether oxygens (including phenoxy) is 1. The summed E-state index contributed by atoms with van der Waals surface area (Å²) in [7, 11) is 1.68. The van der Waals surface area contributed by atoms with E-state index in [9.17, 15) is 0 Å². The van der Waals surface area contributed by atoms with Gasteiger partial charge in [0.05, 0.1) is 7.11 Å². The van der Waals surface area contributed by atoms with E-state index in [-0.39, 0.29) is 5.41 Å². The molecule has 0 aliphatic carbocycles. The van der Waals surface area contributed by atoms with E-state index in [0.717, 1.165) is 11.5 Å². The molecule has 0 heterocycles. The van der Waals surface area contributed by atoms with Gasteiger partial charge in [0.1, 0.15) is 11.5 Å². The molecule has 0 aliphatic heterocycles. The summed E-state index contributed by atoms with van der Waals surface area (Å²) in [6.45, 7) is 4.43. The van der Waals surface area contributed by atoms with Gasteiger partial charge in [-0.2, -0.15) is 0 Å². The van der Waals surface area contributed by atoms with Gasteiger partial charge < -0.3 is 7.80 Å². The Morgan fingerprint density at radius 1 is 0.789 bits per heavy atom. The molecular formula is C16H17IO2. The maximum Gasteiger partial charge on any atom is 0.192 e. The van der Waals surface area contributed by atoms with Crippen LogP contribution in [-0.2, 0) is 5.41 Å². The molecule has 0 bridgehead atoms. The van der Waals surface area contributed by atoms with E-state index in [4.69, 9.17) is 7.80 Å². The van der Waals surface area contributed by atoms with E-state index >= 15 is 0 Å². The van der Waals surface area contributed by atoms with Gasteiger partial charge in [0.2, 0.25) is 0 Å². The lowest BCUT2D eigenvalue weighted by molar-refractivity contribution is 0.414. The van der Waals surface area contributed by atoms with Crippen molar-refractivity contribution in [1.82, 2.24) is 0 Å². The van der Waals surface area contributed by atoms with Crippen LogP contribution in [0.3, 0.4) is 0 Å². The SMILES string of the molecule is COc1ccc(C(C)(C)c2ccc(OI)cc2)cc1. The summed E-state index contributed by atoms with van der Waals surface area (Å²) in [5, 5.41) is 0. The third kappa shape index (κ3) is 3.03. The fraction of sp³-hybridized carbons (Fsp3) is 0.250. The first kappa shape index (κ1) is 14.2. The molecule has 0 aromatic heterocycles. The van der Waals surface area contributed by atoms with Gasteiger partial charge in [-0.3, -0.25) is 0 Å². The molecule has 0 fully saturated rings. The van der Waals surface area contributed by atoms with Crippen molar-refractivity contribution in [3.8, 4) is 11.5 Å². The molecule has 0 saturated carbocycles. The first-order chi connectivity index (χ1) is 9.07. The van der Waals surface area contributed by atoms with Crippen molar-refractivity contribution in [1.29, 1.82) is 0 Å². The molecule has 2 rings (SSSR count). The van der Waals surface area contributed by atoms with Crippen molar-refractivity contribution >= 4 is 23.0 Å². The van der Waals surface area contributed by atoms with Crippen molar-refractivity contribution in [2.24, 2.45) is 0 Å². The second-order valence-electron chi connectivity index (χ2n) is 4.96. The Kier molecular flexibility index (Phi) is 4.34. The summed E-state index contributed by atoms with van der Waals surface area (Å²) >= 11 is 1.89. The summed E-state index contributed by atoms with van der Waals surface area (Å²) in [6, 6.07) is 16.4. The third-order valence-corrected chi connectivity index (χ3v) is 3.99. The van der Waals surface area contributed by atoms with E-state index in [1.54, 1.807) is 7.11 Å². The minimum absolute atomic E-state index is 0.0456. The van der Waals surface area contributed by atoms with Crippen LogP contribution in [-0.4, -0.2) is 7.11 Å². The Morgan fingerprint density at radius 2 is 1.21 bits per heavy atom. The van der Waals surface area contributed by atoms with Crippen LogP contribution >= 0.6 is 23.0 Å². The molecule has 0 saturated heterocycles. The molecule has 0 aliphatic rings. The number of halogens is 1. The largest absolute Gasteiger partial charge is 0.497 e. The minimum Gasteiger partial charge on any atom is -0.497 e. The Balaban J connectivity index is 2.33. The quantitative estimate of drug-likeness (QED) is 0.726. The molecule has 0 radical (unpaired) electrons. The summed E-state index contributed by atoms with van der Waals surface area (Å²) < 4.78 is 10.4. The van der Waals surface area contributed by atoms with Crippen molar-refractivity contribution in [3.05, 3.63) is 59.7 Å². The van der Waals surface area contributed by atoms with Crippen LogP contribution in [0.1, 0.15) is 25.0 Å². The van der Waals surface area contributed by atoms with Crippen molar-refractivity contribution in [2.45, 2.75) is 19.3 Å². The first-order valence-corrected chi connectivity index (χ1v) is 6.99. The van der Waals surface area contributed by atoms with Gasteiger partial charge in [-0.05, 0) is 35.4 Å². The lowest BCUT2D eigenvalue weighted by atomic mass is 9.78. The maximum absolute atomic E-state index is 5.20. The second-order valence-corrected chi connectivity index (χ2v) is 5.40. The summed E-state index contributed by atoms with van der Waals surface area (Å²) in [6.07, 6.45) is 0. The van der Waals surface area contributed by atoms with Crippen molar-refractivity contribution < 1.29 is 7.80 Å². The molecule has 2 nitrogen and oxygen atoms in total. The van der Waals surface area contributed by atoms with Crippen molar-refractivity contribution in [3.63, 3.8) is 0 Å². The van der Waals surface area contributed by atoms with Gasteiger partial charge in [-0.1, -0.05) is 38.1 Å². The summed E-state index contributed by atoms with van der Waals surface area (Å²) in [4.78, 5) is 0. The highest BCUT2D eigenvalue weighted by Gasteiger charge is 2.22. The smallest absolute Gasteiger partial charge is 0.192 e. The Labute approximate surface area is 128 Å². The molecule has 0 amide bonds. The zero-order valence-electron chi connectivity index (χ0n) is 11.3. The monoisotopic (exact) mass is 368 g/mol. The molecule has 0 N–H and O–H groups in total. The van der Waals surface area contributed by atoms with Crippen LogP contribution in [0.4, 0.5) is 0 Å². The number of hydrogen-bond acceptors (Lipinski definition) is 2. The van der Waals surface area contributed by atoms with Crippen molar-refractivity contribution in [2.75, 3.05) is 7.11 Å². The molecule has 19 heavy (non-hydrogen) atoms. The summed E-state index contributed by atoms with van der Waals surface area (Å²) in [5.74, 6) is 1.75. The molecule has 0 unspecified atom stereocenters. The average molecular weight is 368 g/mol. The molecule has 2 aromatic carbocycles. The fourth-order valence-electron chi connectivity index (χ4n) is 2.10. The van der Waals surface area contributed by atoms with E-state index < -0.39 is 0 Å². The van der Waals surface area contributed by atoms with E-state index in [2.05, 4.69) is 38.1 Å². The highest BCUT2D eigenvalue weighted by atomic mass is 127. The molecule has 2 aromatic rings. The van der Waals surface area contributed by atoms with Crippen LogP contribution in [0, 0.1) is 0 Å². The van der Waals surface area contributed by atoms with Crippen LogP contribution < -0.4 is 7.80 Å². The topological polar surface area (TPSA) is 18.5 Å². The van der Waals surface area contributed by atoms with Gasteiger partial charge in [-0.15, -0.1) is 0 Å². The fourth-order valence-corrected chi connectivity index (χ4v) is 2.39. The van der Waals surface area contributed by atoms with E-state index in [1.807, 2.05) is 47.3 Å². The zero-order chi connectivity index (χ0) is 13.9. The second kappa shape index (κ2) is 5.82. The van der Waals surface area contributed by atoms with E-state index in [1.165, 1.54) is 11.1 Å². The Bertz CT molecular complexity index is 480. The zero-order valence-corrected chi connectivity index (χ0v) is 13.5. The molecule has 0 atom stereocenters. The average Bonchev–Trinajstić information content (AvgIpc) is 2.47. The molecule has 0 spiro atoms. The number of rotatable bonds is 4. The van der Waals surface area contributed by atoms with Crippen LogP contribution in [0.25, 0.3) is 0 Å². The van der Waals surface area contributed by atoms with Crippen LogP contribution in [0.15, 0.2) is 48.5 Å². The predicted octanol–water partition coefficient (Wildman–Crippen LogP) is 4.75. The van der Waals surface area contributed by atoms with E-state index in [0.29, 0.717) is 0 Å². The third-order valence-electron chi connectivity index (χ3n) is 3.48. The van der Waals surface area contributed by atoms with Gasteiger partial charge >= 0.3 is 0 Å². The lowest BCUT2D eigenvalue weighted by Gasteiger charge is -2.26. The molecule has 100 valence electrons. The lowest BCUT2D eigenvalue weighted by Crippen LogP contribution is -2.18. The number of benzene rings is 2. The Hall–Kier alpha value is -1.23. The predicted molar refractivity (Wildman–Crippen MR) is 86.2 cm³/mol.